The summed E-state index contributed by atoms with van der Waals surface area (Å²) in [6, 6.07) is 6.82. The normalized spacial score (nSPS) is 10.8. The first-order chi connectivity index (χ1) is 10.6. The molecule has 0 aliphatic rings. The van der Waals surface area contributed by atoms with Gasteiger partial charge in [0.05, 0.1) is 18.0 Å². The van der Waals surface area contributed by atoms with Gasteiger partial charge in [0, 0.05) is 15.6 Å². The summed E-state index contributed by atoms with van der Waals surface area (Å²) < 4.78 is 5.35. The smallest absolute Gasteiger partial charge is 0.325 e. The highest BCUT2D eigenvalue weighted by atomic mass is 32.1. The van der Waals surface area contributed by atoms with Gasteiger partial charge >= 0.3 is 5.97 Å². The third-order valence-electron chi connectivity index (χ3n) is 3.31. The Morgan fingerprint density at radius 3 is 2.86 bits per heavy atom. The van der Waals surface area contributed by atoms with Crippen LogP contribution in [0.5, 0.6) is 0 Å². The van der Waals surface area contributed by atoms with Crippen LogP contribution in [0.2, 0.25) is 0 Å². The summed E-state index contributed by atoms with van der Waals surface area (Å²) >= 11 is 1.48. The lowest BCUT2D eigenvalue weighted by Gasteiger charge is -2.06. The van der Waals surface area contributed by atoms with Crippen molar-refractivity contribution >= 4 is 44.2 Å². The average molecular weight is 316 g/mol. The number of nitrogens with one attached hydrogen (secondary N) is 2. The van der Waals surface area contributed by atoms with Crippen molar-refractivity contribution in [2.24, 2.45) is 0 Å². The van der Waals surface area contributed by atoms with Crippen LogP contribution in [0.15, 0.2) is 34.4 Å². The van der Waals surface area contributed by atoms with Gasteiger partial charge in [-0.05, 0) is 23.6 Å². The second-order valence-corrected chi connectivity index (χ2v) is 5.55. The molecule has 3 rings (SSSR count). The number of fused-ring (bicyclic) bond motifs is 3. The Kier molecular flexibility index (Phi) is 3.64. The highest BCUT2D eigenvalue weighted by molar-refractivity contribution is 7.18. The number of pyridine rings is 1. The molecule has 0 spiro atoms. The number of carbonyl (C=O) groups is 2. The number of hydrogen-bond acceptors (Lipinski definition) is 5. The fourth-order valence-corrected chi connectivity index (χ4v) is 3.13. The van der Waals surface area contributed by atoms with E-state index in [0.29, 0.717) is 16.5 Å². The third-order valence-corrected chi connectivity index (χ3v) is 4.25. The van der Waals surface area contributed by atoms with E-state index in [1.54, 1.807) is 24.3 Å². The number of H-pyrrole nitrogens is 1. The monoisotopic (exact) mass is 316 g/mol. The van der Waals surface area contributed by atoms with Crippen LogP contribution in [-0.2, 0) is 9.53 Å². The maximum atomic E-state index is 12.0. The lowest BCUT2D eigenvalue weighted by Crippen LogP contribution is -2.30. The van der Waals surface area contributed by atoms with Crippen LogP contribution in [0, 0.1) is 0 Å². The number of amides is 1. The Morgan fingerprint density at radius 1 is 1.27 bits per heavy atom. The van der Waals surface area contributed by atoms with Crippen LogP contribution in [0.25, 0.3) is 21.0 Å². The van der Waals surface area contributed by atoms with Crippen molar-refractivity contribution in [2.45, 2.75) is 0 Å². The van der Waals surface area contributed by atoms with Crippen molar-refractivity contribution in [2.75, 3.05) is 13.7 Å². The molecule has 3 aromatic rings. The molecule has 2 heterocycles. The fraction of sp³-hybridized carbons (Fsp3) is 0.133. The van der Waals surface area contributed by atoms with E-state index >= 15 is 0 Å². The summed E-state index contributed by atoms with van der Waals surface area (Å²) in [5.41, 5.74) is 0.768. The molecule has 0 bridgehead atoms. The summed E-state index contributed by atoms with van der Waals surface area (Å²) in [5, 5.41) is 5.84. The third kappa shape index (κ3) is 2.46. The van der Waals surface area contributed by atoms with Crippen molar-refractivity contribution in [1.29, 1.82) is 0 Å². The van der Waals surface area contributed by atoms with Crippen molar-refractivity contribution in [3.63, 3.8) is 0 Å². The molecule has 7 heteroatoms. The molecule has 112 valence electrons. The first kappa shape index (κ1) is 14.3. The van der Waals surface area contributed by atoms with Crippen molar-refractivity contribution in [1.82, 2.24) is 10.3 Å². The molecule has 0 aliphatic heterocycles. The Labute approximate surface area is 128 Å². The van der Waals surface area contributed by atoms with E-state index in [9.17, 15) is 14.4 Å². The van der Waals surface area contributed by atoms with Gasteiger partial charge in [-0.2, -0.15) is 0 Å². The number of rotatable bonds is 3. The molecule has 0 fully saturated rings. The molecule has 6 nitrogen and oxygen atoms in total. The Morgan fingerprint density at radius 2 is 2.09 bits per heavy atom. The zero-order chi connectivity index (χ0) is 15.7. The average Bonchev–Trinajstić information content (AvgIpc) is 3.02. The molecule has 1 amide bonds. The van der Waals surface area contributed by atoms with Crippen LogP contribution < -0.4 is 10.9 Å². The van der Waals surface area contributed by atoms with Gasteiger partial charge in [-0.1, -0.05) is 6.07 Å². The van der Waals surface area contributed by atoms with Crippen LogP contribution in [0.4, 0.5) is 0 Å². The Balaban J connectivity index is 1.99. The summed E-state index contributed by atoms with van der Waals surface area (Å²) in [6.07, 6.45) is 0. The molecule has 2 N–H and O–H groups in total. The number of benzene rings is 1. The van der Waals surface area contributed by atoms with Crippen molar-refractivity contribution in [3.05, 3.63) is 45.6 Å². The molecule has 0 radical (unpaired) electrons. The van der Waals surface area contributed by atoms with Gasteiger partial charge in [0.2, 0.25) is 0 Å². The first-order valence-corrected chi connectivity index (χ1v) is 7.36. The lowest BCUT2D eigenvalue weighted by atomic mass is 10.1. The zero-order valence-corrected chi connectivity index (χ0v) is 12.5. The fourth-order valence-electron chi connectivity index (χ4n) is 2.20. The molecule has 0 aliphatic carbocycles. The number of methoxy groups -OCH3 is 1. The minimum atomic E-state index is -0.525. The number of ether oxygens (including phenoxy) is 1. The Hall–Kier alpha value is -2.67. The van der Waals surface area contributed by atoms with E-state index in [-0.39, 0.29) is 12.1 Å². The highest BCUT2D eigenvalue weighted by Gasteiger charge is 2.11. The van der Waals surface area contributed by atoms with Gasteiger partial charge < -0.3 is 15.0 Å². The summed E-state index contributed by atoms with van der Waals surface area (Å²) in [6.45, 7) is -0.201. The predicted octanol–water partition coefficient (Wildman–Crippen LogP) is 1.65. The highest BCUT2D eigenvalue weighted by Crippen LogP contribution is 2.26. The number of hydrogen-bond donors (Lipinski definition) is 2. The Bertz CT molecular complexity index is 942. The van der Waals surface area contributed by atoms with Crippen LogP contribution in [-0.4, -0.2) is 30.5 Å². The van der Waals surface area contributed by atoms with Crippen molar-refractivity contribution in [3.8, 4) is 0 Å². The second kappa shape index (κ2) is 5.61. The largest absolute Gasteiger partial charge is 0.468 e. The van der Waals surface area contributed by atoms with E-state index in [1.165, 1.54) is 18.4 Å². The van der Waals surface area contributed by atoms with E-state index in [1.807, 2.05) is 5.38 Å². The molecule has 2 aromatic heterocycles. The minimum Gasteiger partial charge on any atom is -0.468 e. The van der Waals surface area contributed by atoms with Gasteiger partial charge in [-0.3, -0.25) is 14.4 Å². The molecule has 0 saturated carbocycles. The van der Waals surface area contributed by atoms with Gasteiger partial charge in [0.1, 0.15) is 6.54 Å². The van der Waals surface area contributed by atoms with Crippen LogP contribution in [0.1, 0.15) is 10.4 Å². The lowest BCUT2D eigenvalue weighted by molar-refractivity contribution is -0.139. The van der Waals surface area contributed by atoms with Gasteiger partial charge in [0.15, 0.2) is 0 Å². The van der Waals surface area contributed by atoms with Gasteiger partial charge in [-0.15, -0.1) is 11.3 Å². The molecule has 22 heavy (non-hydrogen) atoms. The SMILES string of the molecule is COC(=O)CNC(=O)c1ccc2c(c1)[nH]c(=O)c1ccsc12. The minimum absolute atomic E-state index is 0.184. The van der Waals surface area contributed by atoms with E-state index < -0.39 is 11.9 Å². The maximum absolute atomic E-state index is 12.0. The molecular formula is C15H12N2O4S. The predicted molar refractivity (Wildman–Crippen MR) is 84.3 cm³/mol. The molecular weight excluding hydrogens is 304 g/mol. The molecule has 0 saturated heterocycles. The van der Waals surface area contributed by atoms with E-state index in [0.717, 1.165) is 10.1 Å². The summed E-state index contributed by atoms with van der Waals surface area (Å²) in [5.74, 6) is -0.928. The first-order valence-electron chi connectivity index (χ1n) is 6.48. The van der Waals surface area contributed by atoms with Gasteiger partial charge in [0.25, 0.3) is 11.5 Å². The number of esters is 1. The molecule has 0 atom stereocenters. The topological polar surface area (TPSA) is 88.3 Å². The summed E-state index contributed by atoms with van der Waals surface area (Å²) in [4.78, 5) is 37.8. The standard InChI is InChI=1S/C15H12N2O4S/c1-21-12(18)7-16-14(19)8-2-3-9-11(6-8)17-15(20)10-4-5-22-13(9)10/h2-6H,7H2,1H3,(H,16,19)(H,17,20). The number of aromatic nitrogens is 1. The molecule has 1 aromatic carbocycles. The van der Waals surface area contributed by atoms with Crippen LogP contribution in [0.3, 0.4) is 0 Å². The summed E-state index contributed by atoms with van der Waals surface area (Å²) in [7, 11) is 1.25. The van der Waals surface area contributed by atoms with Crippen LogP contribution >= 0.6 is 11.3 Å². The number of aromatic amines is 1. The van der Waals surface area contributed by atoms with E-state index in [4.69, 9.17) is 0 Å². The zero-order valence-electron chi connectivity index (χ0n) is 11.6. The molecule has 0 unspecified atom stereocenters. The maximum Gasteiger partial charge on any atom is 0.325 e. The van der Waals surface area contributed by atoms with E-state index in [2.05, 4.69) is 15.0 Å². The number of carbonyl (C=O) groups excluding carboxylic acids is 2. The quantitative estimate of drug-likeness (QED) is 0.719. The second-order valence-electron chi connectivity index (χ2n) is 4.64. The van der Waals surface area contributed by atoms with Crippen molar-refractivity contribution < 1.29 is 14.3 Å². The van der Waals surface area contributed by atoms with Gasteiger partial charge in [-0.25, -0.2) is 0 Å². The number of thiophene rings is 1.